The average molecular weight is 431 g/mol. The first kappa shape index (κ1) is 19.2. The molecule has 154 valence electrons. The van der Waals surface area contributed by atoms with E-state index in [9.17, 15) is 14.4 Å². The molecule has 1 N–H and O–H groups in total. The summed E-state index contributed by atoms with van der Waals surface area (Å²) in [5.74, 6) is -0.872. The fourth-order valence-corrected chi connectivity index (χ4v) is 5.18. The summed E-state index contributed by atoms with van der Waals surface area (Å²) in [4.78, 5) is 44.0. The van der Waals surface area contributed by atoms with Crippen molar-refractivity contribution in [1.29, 1.82) is 0 Å². The van der Waals surface area contributed by atoms with E-state index in [4.69, 9.17) is 4.74 Å². The van der Waals surface area contributed by atoms with Crippen molar-refractivity contribution in [3.8, 4) is 0 Å². The molecule has 0 radical (unpaired) electrons. The third-order valence-corrected chi connectivity index (χ3v) is 6.47. The van der Waals surface area contributed by atoms with Crippen LogP contribution in [-0.2, 0) is 14.3 Å². The first-order valence-corrected chi connectivity index (χ1v) is 10.4. The number of thiazole rings is 1. The lowest BCUT2D eigenvalue weighted by molar-refractivity contribution is -0.136. The standard InChI is InChI=1S/C23H17N3O4S/c1-12-16(22(29)30-2)18(13-8-4-3-5-9-13)26-21(28)19(31-23(26)24-12)17-14-10-6-7-11-15(14)25-20(17)27/h3-11,18H,1-2H3,(H,25,27)/b19-17-/t18-/m0/s1. The lowest BCUT2D eigenvalue weighted by Gasteiger charge is -2.24. The van der Waals surface area contributed by atoms with Gasteiger partial charge in [-0.3, -0.25) is 14.2 Å². The number of allylic oxidation sites excluding steroid dienone is 1. The Balaban J connectivity index is 1.85. The summed E-state index contributed by atoms with van der Waals surface area (Å²) in [5.41, 5.74) is 2.84. The van der Waals surface area contributed by atoms with Gasteiger partial charge in [0.2, 0.25) is 0 Å². The van der Waals surface area contributed by atoms with Gasteiger partial charge in [-0.2, -0.15) is 0 Å². The molecule has 0 spiro atoms. The van der Waals surface area contributed by atoms with E-state index in [1.54, 1.807) is 19.1 Å². The minimum absolute atomic E-state index is 0.293. The zero-order valence-corrected chi connectivity index (χ0v) is 17.5. The predicted molar refractivity (Wildman–Crippen MR) is 116 cm³/mol. The smallest absolute Gasteiger partial charge is 0.338 e. The van der Waals surface area contributed by atoms with Crippen LogP contribution in [0.5, 0.6) is 0 Å². The molecule has 0 fully saturated rings. The zero-order chi connectivity index (χ0) is 21.7. The lowest BCUT2D eigenvalue weighted by atomic mass is 9.96. The topological polar surface area (TPSA) is 89.8 Å². The Morgan fingerprint density at radius 2 is 1.81 bits per heavy atom. The number of aromatic nitrogens is 1. The Bertz CT molecular complexity index is 1460. The van der Waals surface area contributed by atoms with Crippen molar-refractivity contribution in [2.75, 3.05) is 12.4 Å². The van der Waals surface area contributed by atoms with Gasteiger partial charge in [0, 0.05) is 11.3 Å². The van der Waals surface area contributed by atoms with Gasteiger partial charge in [-0.05, 0) is 18.6 Å². The Morgan fingerprint density at radius 3 is 2.55 bits per heavy atom. The van der Waals surface area contributed by atoms with Gasteiger partial charge >= 0.3 is 5.97 Å². The number of rotatable bonds is 2. The van der Waals surface area contributed by atoms with Crippen LogP contribution in [-0.4, -0.2) is 23.6 Å². The van der Waals surface area contributed by atoms with E-state index >= 15 is 0 Å². The minimum Gasteiger partial charge on any atom is -0.466 e. The SMILES string of the molecule is COC(=O)C1=C(C)N=c2s/c(=C3\C(=O)Nc4ccccc43)c(=O)n2[C@H]1c1ccccc1. The molecule has 31 heavy (non-hydrogen) atoms. The number of benzene rings is 2. The summed E-state index contributed by atoms with van der Waals surface area (Å²) >= 11 is 1.15. The second-order valence-corrected chi connectivity index (χ2v) is 8.16. The summed E-state index contributed by atoms with van der Waals surface area (Å²) in [5, 5.41) is 2.81. The second kappa shape index (κ2) is 7.17. The van der Waals surface area contributed by atoms with Gasteiger partial charge in [0.1, 0.15) is 4.53 Å². The third-order valence-electron chi connectivity index (χ3n) is 5.42. The molecule has 5 rings (SSSR count). The lowest BCUT2D eigenvalue weighted by Crippen LogP contribution is -2.40. The van der Waals surface area contributed by atoms with Crippen molar-refractivity contribution in [2.45, 2.75) is 13.0 Å². The van der Waals surface area contributed by atoms with Gasteiger partial charge in [0.05, 0.1) is 30.0 Å². The number of nitrogens with zero attached hydrogens (tertiary/aromatic N) is 2. The number of hydrogen-bond donors (Lipinski definition) is 1. The highest BCUT2D eigenvalue weighted by Gasteiger charge is 2.34. The Morgan fingerprint density at radius 1 is 1.10 bits per heavy atom. The van der Waals surface area contributed by atoms with Crippen molar-refractivity contribution in [3.63, 3.8) is 0 Å². The highest BCUT2D eigenvalue weighted by molar-refractivity contribution is 7.07. The number of anilines is 1. The highest BCUT2D eigenvalue weighted by atomic mass is 32.1. The van der Waals surface area contributed by atoms with E-state index in [-0.39, 0.29) is 11.5 Å². The van der Waals surface area contributed by atoms with Crippen molar-refractivity contribution in [3.05, 3.63) is 96.7 Å². The van der Waals surface area contributed by atoms with Crippen molar-refractivity contribution < 1.29 is 14.3 Å². The van der Waals surface area contributed by atoms with Crippen molar-refractivity contribution in [2.24, 2.45) is 4.99 Å². The third kappa shape index (κ3) is 2.87. The number of hydrogen-bond acceptors (Lipinski definition) is 6. The summed E-state index contributed by atoms with van der Waals surface area (Å²) in [7, 11) is 1.30. The van der Waals surface area contributed by atoms with E-state index < -0.39 is 12.0 Å². The van der Waals surface area contributed by atoms with Gasteiger partial charge in [0.15, 0.2) is 4.80 Å². The quantitative estimate of drug-likeness (QED) is 0.626. The average Bonchev–Trinajstić information content (AvgIpc) is 3.28. The molecule has 2 aromatic carbocycles. The number of carbonyl (C=O) groups is 2. The fourth-order valence-electron chi connectivity index (χ4n) is 4.04. The normalized spacial score (nSPS) is 18.8. The van der Waals surface area contributed by atoms with E-state index in [0.29, 0.717) is 37.4 Å². The molecule has 0 aliphatic carbocycles. The number of carbonyl (C=O) groups excluding carboxylic acids is 2. The van der Waals surface area contributed by atoms with E-state index in [1.165, 1.54) is 11.7 Å². The predicted octanol–water partition coefficient (Wildman–Crippen LogP) is 1.73. The molecule has 2 aliphatic heterocycles. The van der Waals surface area contributed by atoms with E-state index in [2.05, 4.69) is 10.3 Å². The second-order valence-electron chi connectivity index (χ2n) is 7.18. The first-order chi connectivity index (χ1) is 15.0. The molecule has 0 unspecified atom stereocenters. The number of methoxy groups -OCH3 is 1. The molecule has 3 heterocycles. The summed E-state index contributed by atoms with van der Waals surface area (Å²) in [6.45, 7) is 1.72. The first-order valence-electron chi connectivity index (χ1n) is 9.60. The van der Waals surface area contributed by atoms with Crippen LogP contribution in [0.3, 0.4) is 0 Å². The van der Waals surface area contributed by atoms with Crippen LogP contribution in [0.4, 0.5) is 5.69 Å². The molecular weight excluding hydrogens is 414 g/mol. The van der Waals surface area contributed by atoms with E-state index in [1.807, 2.05) is 42.5 Å². The summed E-state index contributed by atoms with van der Waals surface area (Å²) in [6.07, 6.45) is 0. The van der Waals surface area contributed by atoms with Crippen LogP contribution in [0.25, 0.3) is 5.57 Å². The van der Waals surface area contributed by atoms with Crippen LogP contribution in [0.2, 0.25) is 0 Å². The molecule has 1 amide bonds. The van der Waals surface area contributed by atoms with Gasteiger partial charge in [0.25, 0.3) is 11.5 Å². The number of nitrogens with one attached hydrogen (secondary N) is 1. The molecule has 2 aliphatic rings. The van der Waals surface area contributed by atoms with Crippen LogP contribution in [0, 0.1) is 0 Å². The number of amides is 1. The monoisotopic (exact) mass is 431 g/mol. The minimum atomic E-state index is -0.695. The highest BCUT2D eigenvalue weighted by Crippen LogP contribution is 2.32. The maximum absolute atomic E-state index is 13.6. The van der Waals surface area contributed by atoms with E-state index in [0.717, 1.165) is 16.9 Å². The van der Waals surface area contributed by atoms with Gasteiger partial charge in [-0.15, -0.1) is 0 Å². The van der Waals surface area contributed by atoms with Crippen molar-refractivity contribution >= 4 is 34.5 Å². The molecular formula is C23H17N3O4S. The molecule has 8 heteroatoms. The fraction of sp³-hybridized carbons (Fsp3) is 0.130. The Hall–Kier alpha value is -3.78. The molecule has 7 nitrogen and oxygen atoms in total. The van der Waals surface area contributed by atoms with Crippen LogP contribution >= 0.6 is 11.3 Å². The van der Waals surface area contributed by atoms with Gasteiger partial charge in [-0.25, -0.2) is 9.79 Å². The molecule has 1 atom stereocenters. The maximum Gasteiger partial charge on any atom is 0.338 e. The van der Waals surface area contributed by atoms with Crippen LogP contribution in [0.15, 0.2) is 75.7 Å². The van der Waals surface area contributed by atoms with Crippen LogP contribution < -0.4 is 20.2 Å². The largest absolute Gasteiger partial charge is 0.466 e. The molecule has 0 saturated heterocycles. The van der Waals surface area contributed by atoms with Crippen LogP contribution in [0.1, 0.15) is 24.1 Å². The van der Waals surface area contributed by atoms with Crippen molar-refractivity contribution in [1.82, 2.24) is 4.57 Å². The zero-order valence-electron chi connectivity index (χ0n) is 16.7. The number of ether oxygens (including phenoxy) is 1. The number of para-hydroxylation sites is 1. The van der Waals surface area contributed by atoms with Gasteiger partial charge in [-0.1, -0.05) is 59.9 Å². The molecule has 1 aromatic heterocycles. The maximum atomic E-state index is 13.6. The molecule has 0 saturated carbocycles. The Labute approximate surface area is 180 Å². The summed E-state index contributed by atoms with van der Waals surface area (Å²) < 4.78 is 6.77. The number of esters is 1. The summed E-state index contributed by atoms with van der Waals surface area (Å²) in [6, 6.07) is 15.8. The molecule has 3 aromatic rings. The Kier molecular flexibility index (Phi) is 4.44. The number of fused-ring (bicyclic) bond motifs is 2. The molecule has 0 bridgehead atoms. The van der Waals surface area contributed by atoms with Gasteiger partial charge < -0.3 is 10.1 Å².